The zero-order valence-corrected chi connectivity index (χ0v) is 16.7. The summed E-state index contributed by atoms with van der Waals surface area (Å²) in [5.74, 6) is 0.836. The summed E-state index contributed by atoms with van der Waals surface area (Å²) in [6, 6.07) is 6.02. The predicted molar refractivity (Wildman–Crippen MR) is 107 cm³/mol. The number of carbonyl (C=O) groups excluding carboxylic acids is 1. The van der Waals surface area contributed by atoms with E-state index in [1.54, 1.807) is 0 Å². The predicted octanol–water partition coefficient (Wildman–Crippen LogP) is 3.70. The Kier molecular flexibility index (Phi) is 5.92. The summed E-state index contributed by atoms with van der Waals surface area (Å²) >= 11 is 0. The number of amides is 1. The first-order valence-corrected chi connectivity index (χ1v) is 9.95. The molecule has 3 N–H and O–H groups in total. The fourth-order valence-corrected chi connectivity index (χ4v) is 4.26. The van der Waals surface area contributed by atoms with Gasteiger partial charge in [-0.1, -0.05) is 44.9 Å². The second-order valence-corrected chi connectivity index (χ2v) is 8.29. The summed E-state index contributed by atoms with van der Waals surface area (Å²) in [5, 5.41) is 2.81. The first-order chi connectivity index (χ1) is 12.8. The van der Waals surface area contributed by atoms with E-state index in [0.717, 1.165) is 31.3 Å². The van der Waals surface area contributed by atoms with E-state index in [2.05, 4.69) is 38.7 Å². The van der Waals surface area contributed by atoms with Crippen molar-refractivity contribution >= 4 is 6.09 Å². The van der Waals surface area contributed by atoms with Crippen LogP contribution in [0.15, 0.2) is 30.4 Å². The number of rotatable bonds is 6. The zero-order chi connectivity index (χ0) is 19.6. The molecule has 0 radical (unpaired) electrons. The smallest absolute Gasteiger partial charge is 0.410 e. The van der Waals surface area contributed by atoms with Crippen LogP contribution in [0, 0.1) is 5.92 Å². The molecular formula is C22H32N2O3. The monoisotopic (exact) mass is 372 g/mol. The lowest BCUT2D eigenvalue weighted by atomic mass is 9.61. The molecule has 148 valence electrons. The highest BCUT2D eigenvalue weighted by Crippen LogP contribution is 2.45. The molecule has 5 heteroatoms. The van der Waals surface area contributed by atoms with Gasteiger partial charge in [0.15, 0.2) is 0 Å². The van der Waals surface area contributed by atoms with E-state index in [1.165, 1.54) is 11.1 Å². The van der Waals surface area contributed by atoms with E-state index in [9.17, 15) is 4.79 Å². The number of ether oxygens (including phenoxy) is 2. The molecule has 1 amide bonds. The summed E-state index contributed by atoms with van der Waals surface area (Å²) in [4.78, 5) is 12.1. The van der Waals surface area contributed by atoms with Crippen LogP contribution in [-0.2, 0) is 16.6 Å². The highest BCUT2D eigenvalue weighted by Gasteiger charge is 2.43. The Hall–Kier alpha value is -1.85. The van der Waals surface area contributed by atoms with Crippen LogP contribution in [0.25, 0.3) is 0 Å². The molecule has 1 fully saturated rings. The van der Waals surface area contributed by atoms with Crippen molar-refractivity contribution in [1.82, 2.24) is 5.32 Å². The first kappa shape index (κ1) is 19.9. The third-order valence-corrected chi connectivity index (χ3v) is 6.16. The van der Waals surface area contributed by atoms with E-state index in [1.807, 2.05) is 12.1 Å². The van der Waals surface area contributed by atoms with Crippen LogP contribution >= 0.6 is 0 Å². The Morgan fingerprint density at radius 1 is 1.44 bits per heavy atom. The standard InChI is InChI=1S/C22H32N2O3/c1-5-6-9-22(4)19-11-17(27-21(25)24-16-12-26-13-16)8-7-15(19)10-18(14(2)3)20(22)23/h7-8,11,16,18,20H,2,5-6,9-10,12-13,23H2,1,3-4H3,(H,24,25)/t18-,20+,22-/m1/s1. The van der Waals surface area contributed by atoms with E-state index < -0.39 is 6.09 Å². The fraction of sp³-hybridized carbons (Fsp3) is 0.591. The van der Waals surface area contributed by atoms with Gasteiger partial charge in [-0.25, -0.2) is 4.79 Å². The molecule has 5 nitrogen and oxygen atoms in total. The number of hydrogen-bond donors (Lipinski definition) is 2. The molecule has 3 rings (SSSR count). The molecule has 3 atom stereocenters. The molecule has 1 heterocycles. The SMILES string of the molecule is C=C(C)[C@H]1Cc2ccc(OC(=O)NC3COC3)cc2[C@@](C)(CCCC)[C@H]1N. The second kappa shape index (κ2) is 8.03. The number of hydrogen-bond acceptors (Lipinski definition) is 4. The third-order valence-electron chi connectivity index (χ3n) is 6.16. The maximum Gasteiger partial charge on any atom is 0.412 e. The molecule has 0 bridgehead atoms. The number of benzene rings is 1. The lowest BCUT2D eigenvalue weighted by molar-refractivity contribution is -0.00249. The van der Waals surface area contributed by atoms with Gasteiger partial charge in [-0.05, 0) is 48.9 Å². The van der Waals surface area contributed by atoms with Gasteiger partial charge in [0.2, 0.25) is 0 Å². The molecule has 1 aromatic rings. The van der Waals surface area contributed by atoms with E-state index in [0.29, 0.717) is 19.0 Å². The number of unbranched alkanes of at least 4 members (excludes halogenated alkanes) is 1. The largest absolute Gasteiger partial charge is 0.412 e. The van der Waals surface area contributed by atoms with Crippen LogP contribution in [0.1, 0.15) is 51.2 Å². The minimum Gasteiger partial charge on any atom is -0.410 e. The molecule has 1 aromatic carbocycles. The molecule has 1 saturated heterocycles. The number of nitrogens with two attached hydrogens (primary N) is 1. The van der Waals surface area contributed by atoms with Crippen molar-refractivity contribution < 1.29 is 14.3 Å². The van der Waals surface area contributed by atoms with Gasteiger partial charge in [0.25, 0.3) is 0 Å². The average Bonchev–Trinajstić information content (AvgIpc) is 2.60. The molecular weight excluding hydrogens is 340 g/mol. The van der Waals surface area contributed by atoms with Crippen molar-refractivity contribution in [1.29, 1.82) is 0 Å². The van der Waals surface area contributed by atoms with Crippen LogP contribution < -0.4 is 15.8 Å². The second-order valence-electron chi connectivity index (χ2n) is 8.29. The molecule has 2 aliphatic rings. The topological polar surface area (TPSA) is 73.6 Å². The third kappa shape index (κ3) is 4.04. The van der Waals surface area contributed by atoms with E-state index in [4.69, 9.17) is 15.2 Å². The van der Waals surface area contributed by atoms with Gasteiger partial charge in [-0.3, -0.25) is 0 Å². The zero-order valence-electron chi connectivity index (χ0n) is 16.7. The highest BCUT2D eigenvalue weighted by molar-refractivity contribution is 5.71. The van der Waals surface area contributed by atoms with E-state index in [-0.39, 0.29) is 23.4 Å². The van der Waals surface area contributed by atoms with Gasteiger partial charge in [-0.2, -0.15) is 0 Å². The van der Waals surface area contributed by atoms with Crippen molar-refractivity contribution in [3.8, 4) is 5.75 Å². The Bertz CT molecular complexity index is 714. The molecule has 0 saturated carbocycles. The molecule has 0 unspecified atom stereocenters. The van der Waals surface area contributed by atoms with Crippen molar-refractivity contribution in [2.24, 2.45) is 11.7 Å². The van der Waals surface area contributed by atoms with Gasteiger partial charge >= 0.3 is 6.09 Å². The van der Waals surface area contributed by atoms with Crippen molar-refractivity contribution in [3.05, 3.63) is 41.5 Å². The van der Waals surface area contributed by atoms with Crippen LogP contribution in [0.4, 0.5) is 4.79 Å². The minimum absolute atomic E-state index is 0.00486. The van der Waals surface area contributed by atoms with Crippen LogP contribution in [0.3, 0.4) is 0 Å². The Balaban J connectivity index is 1.86. The average molecular weight is 373 g/mol. The number of nitrogens with one attached hydrogen (secondary N) is 1. The van der Waals surface area contributed by atoms with Crippen molar-refractivity contribution in [3.63, 3.8) is 0 Å². The summed E-state index contributed by atoms with van der Waals surface area (Å²) in [7, 11) is 0. The maximum absolute atomic E-state index is 12.1. The number of fused-ring (bicyclic) bond motifs is 1. The quantitative estimate of drug-likeness (QED) is 0.747. The highest BCUT2D eigenvalue weighted by atomic mass is 16.6. The van der Waals surface area contributed by atoms with Gasteiger partial charge in [0.1, 0.15) is 5.75 Å². The lowest BCUT2D eigenvalue weighted by Gasteiger charge is -2.46. The van der Waals surface area contributed by atoms with Gasteiger partial charge in [-0.15, -0.1) is 0 Å². The minimum atomic E-state index is -0.432. The summed E-state index contributed by atoms with van der Waals surface area (Å²) in [5.41, 5.74) is 10.2. The van der Waals surface area contributed by atoms with Crippen molar-refractivity contribution in [2.75, 3.05) is 13.2 Å². The normalized spacial score (nSPS) is 27.4. The molecule has 27 heavy (non-hydrogen) atoms. The first-order valence-electron chi connectivity index (χ1n) is 9.95. The molecule has 1 aliphatic heterocycles. The summed E-state index contributed by atoms with van der Waals surface area (Å²) in [6.07, 6.45) is 3.70. The maximum atomic E-state index is 12.1. The number of carbonyl (C=O) groups is 1. The van der Waals surface area contributed by atoms with Gasteiger partial charge < -0.3 is 20.5 Å². The Morgan fingerprint density at radius 3 is 2.78 bits per heavy atom. The summed E-state index contributed by atoms with van der Waals surface area (Å²) in [6.45, 7) is 11.8. The Labute approximate surface area is 162 Å². The van der Waals surface area contributed by atoms with Crippen LogP contribution in [0.5, 0.6) is 5.75 Å². The van der Waals surface area contributed by atoms with Gasteiger partial charge in [0.05, 0.1) is 19.3 Å². The van der Waals surface area contributed by atoms with Crippen molar-refractivity contribution in [2.45, 2.75) is 64.0 Å². The lowest BCUT2D eigenvalue weighted by Crippen LogP contribution is -2.52. The fourth-order valence-electron chi connectivity index (χ4n) is 4.26. The molecule has 0 spiro atoms. The van der Waals surface area contributed by atoms with Crippen LogP contribution in [0.2, 0.25) is 0 Å². The molecule has 0 aromatic heterocycles. The van der Waals surface area contributed by atoms with E-state index >= 15 is 0 Å². The molecule has 1 aliphatic carbocycles. The summed E-state index contributed by atoms with van der Waals surface area (Å²) < 4.78 is 10.6. The van der Waals surface area contributed by atoms with Gasteiger partial charge in [0, 0.05) is 11.5 Å². The Morgan fingerprint density at radius 2 is 2.19 bits per heavy atom. The van der Waals surface area contributed by atoms with Crippen LogP contribution in [-0.4, -0.2) is 31.4 Å².